The zero-order valence-electron chi connectivity index (χ0n) is 11.1. The van der Waals surface area contributed by atoms with E-state index >= 15 is 0 Å². The number of rotatable bonds is 4. The number of ether oxygens (including phenoxy) is 1. The van der Waals surface area contributed by atoms with Gasteiger partial charge in [0.2, 0.25) is 0 Å². The minimum Gasteiger partial charge on any atom is -0.376 e. The number of hydrogen-bond acceptors (Lipinski definition) is 3. The van der Waals surface area contributed by atoms with Gasteiger partial charge in [-0.05, 0) is 38.0 Å². The van der Waals surface area contributed by atoms with Crippen molar-refractivity contribution in [2.75, 3.05) is 7.11 Å². The largest absolute Gasteiger partial charge is 0.376 e. The van der Waals surface area contributed by atoms with E-state index < -0.39 is 0 Å². The predicted molar refractivity (Wildman–Crippen MR) is 67.9 cm³/mol. The van der Waals surface area contributed by atoms with E-state index in [0.717, 1.165) is 18.4 Å². The van der Waals surface area contributed by atoms with E-state index in [-0.39, 0.29) is 11.6 Å². The summed E-state index contributed by atoms with van der Waals surface area (Å²) in [5, 5.41) is 0. The number of nitrogens with one attached hydrogen (secondary N) is 1. The average molecular weight is 226 g/mol. The molecule has 0 radical (unpaired) electrons. The number of hydrogen-bond donors (Lipinski definition) is 2. The van der Waals surface area contributed by atoms with Crippen LogP contribution in [-0.4, -0.2) is 18.8 Å². The first-order valence-electron chi connectivity index (χ1n) is 6.03. The standard InChI is InChI=1S/C13H26N2O/c1-10(2)11(15-14)13(16-5)8-6-12(3,4)7-9-13/h11,15H,1,6-9,14H2,2-5H3. The van der Waals surface area contributed by atoms with Crippen molar-refractivity contribution >= 4 is 0 Å². The van der Waals surface area contributed by atoms with Gasteiger partial charge in [-0.15, -0.1) is 0 Å². The molecular weight excluding hydrogens is 200 g/mol. The Balaban J connectivity index is 2.83. The van der Waals surface area contributed by atoms with E-state index in [1.807, 2.05) is 6.92 Å². The number of methoxy groups -OCH3 is 1. The second-order valence-electron chi connectivity index (χ2n) is 5.88. The zero-order valence-corrected chi connectivity index (χ0v) is 11.1. The van der Waals surface area contributed by atoms with Crippen LogP contribution in [0, 0.1) is 5.41 Å². The average Bonchev–Trinajstić information content (AvgIpc) is 2.21. The predicted octanol–water partition coefficient (Wildman–Crippen LogP) is 2.38. The third kappa shape index (κ3) is 2.65. The molecule has 0 amide bonds. The second-order valence-corrected chi connectivity index (χ2v) is 5.88. The van der Waals surface area contributed by atoms with Gasteiger partial charge in [0.1, 0.15) is 0 Å². The molecular formula is C13H26N2O. The van der Waals surface area contributed by atoms with E-state index in [1.54, 1.807) is 7.11 Å². The fourth-order valence-electron chi connectivity index (χ4n) is 2.70. The van der Waals surface area contributed by atoms with Crippen molar-refractivity contribution in [2.45, 2.75) is 58.1 Å². The van der Waals surface area contributed by atoms with Crippen LogP contribution in [0.1, 0.15) is 46.5 Å². The van der Waals surface area contributed by atoms with Gasteiger partial charge in [0.05, 0.1) is 11.6 Å². The van der Waals surface area contributed by atoms with E-state index in [2.05, 4.69) is 25.9 Å². The molecule has 1 unspecified atom stereocenters. The summed E-state index contributed by atoms with van der Waals surface area (Å²) in [6, 6.07) is 0.0496. The number of nitrogens with two attached hydrogens (primary N) is 1. The Morgan fingerprint density at radius 3 is 2.12 bits per heavy atom. The topological polar surface area (TPSA) is 47.3 Å². The smallest absolute Gasteiger partial charge is 0.0882 e. The van der Waals surface area contributed by atoms with Crippen molar-refractivity contribution < 1.29 is 4.74 Å². The van der Waals surface area contributed by atoms with Crippen LogP contribution in [0.4, 0.5) is 0 Å². The Morgan fingerprint density at radius 1 is 1.31 bits per heavy atom. The highest BCUT2D eigenvalue weighted by atomic mass is 16.5. The van der Waals surface area contributed by atoms with Gasteiger partial charge in [0, 0.05) is 7.11 Å². The fraction of sp³-hybridized carbons (Fsp3) is 0.846. The molecule has 0 saturated heterocycles. The molecule has 1 fully saturated rings. The van der Waals surface area contributed by atoms with Crippen LogP contribution in [0.2, 0.25) is 0 Å². The van der Waals surface area contributed by atoms with E-state index in [0.29, 0.717) is 5.41 Å². The van der Waals surface area contributed by atoms with Gasteiger partial charge in [0.25, 0.3) is 0 Å². The third-order valence-electron chi connectivity index (χ3n) is 4.04. The molecule has 0 aromatic rings. The van der Waals surface area contributed by atoms with Crippen molar-refractivity contribution in [2.24, 2.45) is 11.3 Å². The molecule has 0 heterocycles. The Labute approximate surface area is 99.4 Å². The maximum absolute atomic E-state index is 5.78. The van der Waals surface area contributed by atoms with Gasteiger partial charge in [-0.3, -0.25) is 11.3 Å². The maximum Gasteiger partial charge on any atom is 0.0882 e. The molecule has 16 heavy (non-hydrogen) atoms. The summed E-state index contributed by atoms with van der Waals surface area (Å²) in [5.41, 5.74) is 4.17. The normalized spacial score (nSPS) is 25.1. The van der Waals surface area contributed by atoms with Crippen molar-refractivity contribution in [1.82, 2.24) is 5.43 Å². The van der Waals surface area contributed by atoms with Gasteiger partial charge < -0.3 is 4.74 Å². The summed E-state index contributed by atoms with van der Waals surface area (Å²) >= 11 is 0. The monoisotopic (exact) mass is 226 g/mol. The zero-order chi connectivity index (χ0) is 12.4. The summed E-state index contributed by atoms with van der Waals surface area (Å²) in [7, 11) is 1.78. The van der Waals surface area contributed by atoms with E-state index in [9.17, 15) is 0 Å². The minimum absolute atomic E-state index is 0.0496. The highest BCUT2D eigenvalue weighted by Gasteiger charge is 2.44. The molecule has 1 saturated carbocycles. The maximum atomic E-state index is 5.78. The molecule has 0 aliphatic heterocycles. The molecule has 94 valence electrons. The van der Waals surface area contributed by atoms with Crippen molar-refractivity contribution in [3.8, 4) is 0 Å². The molecule has 1 atom stereocenters. The first-order valence-corrected chi connectivity index (χ1v) is 6.03. The summed E-state index contributed by atoms with van der Waals surface area (Å²) in [6.07, 6.45) is 4.43. The molecule has 0 aromatic carbocycles. The van der Waals surface area contributed by atoms with E-state index in [4.69, 9.17) is 10.6 Å². The Kier molecular flexibility index (Phi) is 4.16. The second kappa shape index (κ2) is 4.86. The lowest BCUT2D eigenvalue weighted by Gasteiger charge is -2.47. The lowest BCUT2D eigenvalue weighted by Crippen LogP contribution is -2.57. The number of hydrazine groups is 1. The molecule has 3 heteroatoms. The molecule has 0 spiro atoms. The van der Waals surface area contributed by atoms with Gasteiger partial charge in [-0.1, -0.05) is 26.0 Å². The molecule has 0 bridgehead atoms. The third-order valence-corrected chi connectivity index (χ3v) is 4.04. The Bertz CT molecular complexity index is 251. The van der Waals surface area contributed by atoms with Crippen LogP contribution >= 0.6 is 0 Å². The first-order chi connectivity index (χ1) is 7.37. The molecule has 0 aromatic heterocycles. The Hall–Kier alpha value is -0.380. The van der Waals surface area contributed by atoms with Crippen LogP contribution in [0.25, 0.3) is 0 Å². The van der Waals surface area contributed by atoms with Crippen molar-refractivity contribution in [3.05, 3.63) is 12.2 Å². The summed E-state index contributed by atoms with van der Waals surface area (Å²) < 4.78 is 5.78. The lowest BCUT2D eigenvalue weighted by molar-refractivity contribution is -0.0782. The van der Waals surface area contributed by atoms with Gasteiger partial charge in [0.15, 0.2) is 0 Å². The van der Waals surface area contributed by atoms with E-state index in [1.165, 1.54) is 12.8 Å². The summed E-state index contributed by atoms with van der Waals surface area (Å²) in [5.74, 6) is 5.64. The first kappa shape index (κ1) is 13.7. The lowest BCUT2D eigenvalue weighted by atomic mass is 9.67. The molecule has 1 aliphatic carbocycles. The fourth-order valence-corrected chi connectivity index (χ4v) is 2.70. The molecule has 3 nitrogen and oxygen atoms in total. The summed E-state index contributed by atoms with van der Waals surface area (Å²) in [4.78, 5) is 0. The van der Waals surface area contributed by atoms with Crippen LogP contribution in [0.3, 0.4) is 0 Å². The van der Waals surface area contributed by atoms with Crippen molar-refractivity contribution in [1.29, 1.82) is 0 Å². The minimum atomic E-state index is -0.171. The van der Waals surface area contributed by atoms with Crippen LogP contribution in [0.15, 0.2) is 12.2 Å². The van der Waals surface area contributed by atoms with Crippen LogP contribution < -0.4 is 11.3 Å². The molecule has 1 aliphatic rings. The van der Waals surface area contributed by atoms with Crippen molar-refractivity contribution in [3.63, 3.8) is 0 Å². The van der Waals surface area contributed by atoms with Crippen LogP contribution in [0.5, 0.6) is 0 Å². The quantitative estimate of drug-likeness (QED) is 0.439. The van der Waals surface area contributed by atoms with Gasteiger partial charge in [-0.25, -0.2) is 0 Å². The molecule has 1 rings (SSSR count). The van der Waals surface area contributed by atoms with Gasteiger partial charge in [-0.2, -0.15) is 0 Å². The summed E-state index contributed by atoms with van der Waals surface area (Å²) in [6.45, 7) is 10.6. The highest BCUT2D eigenvalue weighted by Crippen LogP contribution is 2.44. The SMILES string of the molecule is C=C(C)C(NN)C1(OC)CCC(C)(C)CC1. The highest BCUT2D eigenvalue weighted by molar-refractivity contribution is 5.13. The molecule has 3 N–H and O–H groups in total. The van der Waals surface area contributed by atoms with Gasteiger partial charge >= 0.3 is 0 Å². The van der Waals surface area contributed by atoms with Crippen LogP contribution in [-0.2, 0) is 4.74 Å². The Morgan fingerprint density at radius 2 is 1.81 bits per heavy atom.